The fraction of sp³-hybridized carbons (Fsp3) is 0.0909. The van der Waals surface area contributed by atoms with Crippen molar-refractivity contribution < 1.29 is 9.34 Å². The Bertz CT molecular complexity index is 522. The molecule has 0 aliphatic rings. The molecule has 0 amide bonds. The Morgan fingerprint density at radius 3 is 2.53 bits per heavy atom. The Morgan fingerprint density at radius 2 is 1.94 bits per heavy atom. The van der Waals surface area contributed by atoms with Crippen LogP contribution >= 0.6 is 15.9 Å². The lowest BCUT2D eigenvalue weighted by molar-refractivity contribution is -0.402. The van der Waals surface area contributed by atoms with Gasteiger partial charge in [0.05, 0.1) is 12.6 Å². The number of nitro groups is 1. The summed E-state index contributed by atoms with van der Waals surface area (Å²) in [5.74, 6) is 0.289. The van der Waals surface area contributed by atoms with Crippen LogP contribution in [0.25, 0.3) is 0 Å². The van der Waals surface area contributed by atoms with Crippen molar-refractivity contribution >= 4 is 27.5 Å². The Kier molecular flexibility index (Phi) is 3.43. The highest BCUT2D eigenvalue weighted by molar-refractivity contribution is 9.10. The molecule has 0 spiro atoms. The zero-order chi connectivity index (χ0) is 12.3. The van der Waals surface area contributed by atoms with Crippen molar-refractivity contribution in [2.24, 2.45) is 0 Å². The molecule has 1 aromatic carbocycles. The van der Waals surface area contributed by atoms with Gasteiger partial charge in [0, 0.05) is 10.2 Å². The minimum atomic E-state index is -0.552. The van der Waals surface area contributed by atoms with Gasteiger partial charge < -0.3 is 9.73 Å². The quantitative estimate of drug-likeness (QED) is 0.692. The smallest absolute Gasteiger partial charge is 0.404 e. The molecule has 0 aliphatic heterocycles. The van der Waals surface area contributed by atoms with Gasteiger partial charge >= 0.3 is 5.88 Å². The van der Waals surface area contributed by atoms with E-state index in [4.69, 9.17) is 4.42 Å². The predicted octanol–water partition coefficient (Wildman–Crippen LogP) is 3.56. The van der Waals surface area contributed by atoms with Crippen molar-refractivity contribution in [1.82, 2.24) is 0 Å². The van der Waals surface area contributed by atoms with E-state index in [2.05, 4.69) is 21.2 Å². The van der Waals surface area contributed by atoms with Gasteiger partial charge in [-0.3, -0.25) is 10.1 Å². The van der Waals surface area contributed by atoms with Crippen LogP contribution in [0.3, 0.4) is 0 Å². The Labute approximate surface area is 106 Å². The first kappa shape index (κ1) is 11.7. The zero-order valence-corrected chi connectivity index (χ0v) is 10.3. The van der Waals surface area contributed by atoms with Gasteiger partial charge in [0.15, 0.2) is 0 Å². The molecule has 0 atom stereocenters. The van der Waals surface area contributed by atoms with E-state index in [1.165, 1.54) is 6.07 Å². The summed E-state index contributed by atoms with van der Waals surface area (Å²) in [5, 5.41) is 13.5. The average Bonchev–Trinajstić information content (AvgIpc) is 2.77. The van der Waals surface area contributed by atoms with Gasteiger partial charge in [-0.1, -0.05) is 15.9 Å². The molecule has 0 unspecified atom stereocenters. The largest absolute Gasteiger partial charge is 0.433 e. The number of hydrogen-bond acceptors (Lipinski definition) is 4. The van der Waals surface area contributed by atoms with Crippen molar-refractivity contribution in [3.63, 3.8) is 0 Å². The molecule has 5 nitrogen and oxygen atoms in total. The van der Waals surface area contributed by atoms with Gasteiger partial charge in [-0.05, 0) is 30.3 Å². The Morgan fingerprint density at radius 1 is 1.24 bits per heavy atom. The predicted molar refractivity (Wildman–Crippen MR) is 66.8 cm³/mol. The number of rotatable bonds is 4. The second-order valence-corrected chi connectivity index (χ2v) is 4.27. The standard InChI is InChI=1S/C11H9BrN2O3/c12-8-1-3-9(4-2-8)13-7-10-5-6-11(17-10)14(15)16/h1-6,13H,7H2. The number of halogens is 1. The van der Waals surface area contributed by atoms with Crippen LogP contribution in [0.15, 0.2) is 45.3 Å². The lowest BCUT2D eigenvalue weighted by atomic mass is 10.3. The first-order valence-corrected chi connectivity index (χ1v) is 5.67. The van der Waals surface area contributed by atoms with Gasteiger partial charge in [0.2, 0.25) is 0 Å². The van der Waals surface area contributed by atoms with Crippen LogP contribution in [-0.4, -0.2) is 4.92 Å². The van der Waals surface area contributed by atoms with E-state index in [0.717, 1.165) is 10.2 Å². The molecule has 0 aliphatic carbocycles. The second kappa shape index (κ2) is 5.01. The molecule has 2 aromatic rings. The minimum absolute atomic E-state index is 0.238. The summed E-state index contributed by atoms with van der Waals surface area (Å²) in [6.45, 7) is 0.412. The van der Waals surface area contributed by atoms with Gasteiger partial charge in [-0.25, -0.2) is 0 Å². The van der Waals surface area contributed by atoms with Crippen molar-refractivity contribution in [1.29, 1.82) is 0 Å². The van der Waals surface area contributed by atoms with Crippen LogP contribution in [0.2, 0.25) is 0 Å². The molecule has 6 heteroatoms. The fourth-order valence-corrected chi connectivity index (χ4v) is 1.58. The number of furan rings is 1. The van der Waals surface area contributed by atoms with E-state index >= 15 is 0 Å². The van der Waals surface area contributed by atoms with Crippen LogP contribution in [-0.2, 0) is 6.54 Å². The minimum Gasteiger partial charge on any atom is -0.404 e. The molecule has 1 heterocycles. The van der Waals surface area contributed by atoms with Gasteiger partial charge in [0.1, 0.15) is 10.7 Å². The second-order valence-electron chi connectivity index (χ2n) is 3.36. The van der Waals surface area contributed by atoms with Crippen LogP contribution in [0.5, 0.6) is 0 Å². The summed E-state index contributed by atoms with van der Waals surface area (Å²) in [7, 11) is 0. The maximum absolute atomic E-state index is 10.4. The van der Waals surface area contributed by atoms with E-state index in [9.17, 15) is 10.1 Å². The highest BCUT2D eigenvalue weighted by Crippen LogP contribution is 2.18. The van der Waals surface area contributed by atoms with Crippen molar-refractivity contribution in [3.05, 3.63) is 56.7 Å². The summed E-state index contributed by atoms with van der Waals surface area (Å²) in [6, 6.07) is 10.6. The van der Waals surface area contributed by atoms with Crippen molar-refractivity contribution in [3.8, 4) is 0 Å². The summed E-state index contributed by atoms with van der Waals surface area (Å²) in [4.78, 5) is 9.86. The fourth-order valence-electron chi connectivity index (χ4n) is 1.32. The SMILES string of the molecule is O=[N+]([O-])c1ccc(CNc2ccc(Br)cc2)o1. The molecule has 17 heavy (non-hydrogen) atoms. The van der Waals surface area contributed by atoms with E-state index in [0.29, 0.717) is 12.3 Å². The van der Waals surface area contributed by atoms with Gasteiger partial charge in [-0.2, -0.15) is 0 Å². The first-order valence-electron chi connectivity index (χ1n) is 4.88. The van der Waals surface area contributed by atoms with E-state index < -0.39 is 4.92 Å². The maximum Gasteiger partial charge on any atom is 0.433 e. The number of nitrogens with zero attached hydrogens (tertiary/aromatic N) is 1. The summed E-state index contributed by atoms with van der Waals surface area (Å²) in [5.41, 5.74) is 0.923. The third kappa shape index (κ3) is 3.07. The topological polar surface area (TPSA) is 68.3 Å². The third-order valence-corrected chi connectivity index (χ3v) is 2.67. The highest BCUT2D eigenvalue weighted by Gasteiger charge is 2.11. The maximum atomic E-state index is 10.4. The lowest BCUT2D eigenvalue weighted by Crippen LogP contribution is -1.97. The molecule has 0 fully saturated rings. The molecule has 1 N–H and O–H groups in total. The van der Waals surface area contributed by atoms with Crippen LogP contribution in [0, 0.1) is 10.1 Å². The van der Waals surface area contributed by atoms with Crippen molar-refractivity contribution in [2.75, 3.05) is 5.32 Å². The molecule has 0 saturated heterocycles. The lowest BCUT2D eigenvalue weighted by Gasteiger charge is -2.03. The van der Waals surface area contributed by atoms with Crippen molar-refractivity contribution in [2.45, 2.75) is 6.54 Å². The Balaban J connectivity index is 1.97. The zero-order valence-electron chi connectivity index (χ0n) is 8.72. The number of hydrogen-bond donors (Lipinski definition) is 1. The molecule has 1 aromatic heterocycles. The average molecular weight is 297 g/mol. The monoisotopic (exact) mass is 296 g/mol. The molecule has 0 bridgehead atoms. The van der Waals surface area contributed by atoms with Crippen LogP contribution < -0.4 is 5.32 Å². The van der Waals surface area contributed by atoms with Gasteiger partial charge in [-0.15, -0.1) is 0 Å². The van der Waals surface area contributed by atoms with E-state index in [1.54, 1.807) is 6.07 Å². The normalized spacial score (nSPS) is 10.2. The first-order chi connectivity index (χ1) is 8.15. The summed E-state index contributed by atoms with van der Waals surface area (Å²) in [6.07, 6.45) is 0. The number of nitrogens with one attached hydrogen (secondary N) is 1. The third-order valence-electron chi connectivity index (χ3n) is 2.14. The summed E-state index contributed by atoms with van der Waals surface area (Å²) < 4.78 is 6.02. The molecular weight excluding hydrogens is 288 g/mol. The van der Waals surface area contributed by atoms with E-state index in [1.807, 2.05) is 24.3 Å². The molecule has 0 radical (unpaired) electrons. The Hall–Kier alpha value is -1.82. The van der Waals surface area contributed by atoms with E-state index in [-0.39, 0.29) is 5.88 Å². The highest BCUT2D eigenvalue weighted by atomic mass is 79.9. The molecular formula is C11H9BrN2O3. The summed E-state index contributed by atoms with van der Waals surface area (Å²) >= 11 is 3.34. The van der Waals surface area contributed by atoms with Gasteiger partial charge in [0.25, 0.3) is 0 Å². The molecule has 0 saturated carbocycles. The molecule has 88 valence electrons. The number of anilines is 1. The number of benzene rings is 1. The van der Waals surface area contributed by atoms with Crippen LogP contribution in [0.1, 0.15) is 5.76 Å². The molecule has 2 rings (SSSR count). The van der Waals surface area contributed by atoms with Crippen LogP contribution in [0.4, 0.5) is 11.6 Å².